The maximum Gasteiger partial charge on any atom is 0.148 e. The van der Waals surface area contributed by atoms with Crippen LogP contribution in [0.3, 0.4) is 0 Å². The standard InChI is InChI=1S/C9H20N2O3S/c1-11(4-6-15(2,12)13)9(7-10)3-5-14-8-9/h3-8,10H2,1-2H3. The monoisotopic (exact) mass is 236 g/mol. The molecule has 0 saturated carbocycles. The summed E-state index contributed by atoms with van der Waals surface area (Å²) in [5.74, 6) is 0.172. The largest absolute Gasteiger partial charge is 0.379 e. The summed E-state index contributed by atoms with van der Waals surface area (Å²) in [6, 6.07) is 0. The van der Waals surface area contributed by atoms with Crippen molar-refractivity contribution in [2.45, 2.75) is 12.0 Å². The number of sulfone groups is 1. The lowest BCUT2D eigenvalue weighted by atomic mass is 9.97. The number of nitrogens with zero attached hydrogens (tertiary/aromatic N) is 1. The summed E-state index contributed by atoms with van der Waals surface area (Å²) < 4.78 is 27.4. The van der Waals surface area contributed by atoms with Crippen molar-refractivity contribution < 1.29 is 13.2 Å². The zero-order chi connectivity index (χ0) is 11.5. The predicted molar refractivity (Wildman–Crippen MR) is 59.6 cm³/mol. The van der Waals surface area contributed by atoms with Crippen molar-refractivity contribution in [2.24, 2.45) is 5.73 Å². The van der Waals surface area contributed by atoms with Crippen molar-refractivity contribution in [3.63, 3.8) is 0 Å². The first-order valence-corrected chi connectivity index (χ1v) is 7.12. The fourth-order valence-corrected chi connectivity index (χ4v) is 2.36. The Hall–Kier alpha value is -0.170. The van der Waals surface area contributed by atoms with Gasteiger partial charge in [0.2, 0.25) is 0 Å². The lowest BCUT2D eigenvalue weighted by Gasteiger charge is -2.36. The summed E-state index contributed by atoms with van der Waals surface area (Å²) in [4.78, 5) is 2.01. The number of ether oxygens (including phenoxy) is 1. The molecule has 0 aromatic heterocycles. The summed E-state index contributed by atoms with van der Waals surface area (Å²) in [7, 11) is -0.998. The molecular weight excluding hydrogens is 216 g/mol. The molecule has 1 atom stereocenters. The van der Waals surface area contributed by atoms with Gasteiger partial charge >= 0.3 is 0 Å². The highest BCUT2D eigenvalue weighted by molar-refractivity contribution is 7.90. The highest BCUT2D eigenvalue weighted by Gasteiger charge is 2.37. The Balaban J connectivity index is 2.54. The summed E-state index contributed by atoms with van der Waals surface area (Å²) in [6.45, 7) is 2.33. The van der Waals surface area contributed by atoms with Crippen molar-refractivity contribution in [1.82, 2.24) is 4.90 Å². The minimum Gasteiger partial charge on any atom is -0.379 e. The van der Waals surface area contributed by atoms with Gasteiger partial charge in [-0.1, -0.05) is 0 Å². The molecule has 0 amide bonds. The Morgan fingerprint density at radius 2 is 2.20 bits per heavy atom. The first kappa shape index (κ1) is 12.9. The van der Waals surface area contributed by atoms with Gasteiger partial charge in [0.05, 0.1) is 17.9 Å². The molecular formula is C9H20N2O3S. The van der Waals surface area contributed by atoms with Gasteiger partial charge in [-0.2, -0.15) is 0 Å². The second-order valence-electron chi connectivity index (χ2n) is 4.28. The van der Waals surface area contributed by atoms with Crippen LogP contribution in [0.2, 0.25) is 0 Å². The van der Waals surface area contributed by atoms with Crippen LogP contribution in [0.4, 0.5) is 0 Å². The zero-order valence-electron chi connectivity index (χ0n) is 9.40. The van der Waals surface area contributed by atoms with E-state index in [1.54, 1.807) is 0 Å². The Morgan fingerprint density at radius 3 is 2.60 bits per heavy atom. The molecule has 1 aliphatic heterocycles. The molecule has 0 radical (unpaired) electrons. The SMILES string of the molecule is CN(CCS(C)(=O)=O)C1(CN)CCOC1. The van der Waals surface area contributed by atoms with E-state index >= 15 is 0 Å². The Morgan fingerprint density at radius 1 is 1.53 bits per heavy atom. The van der Waals surface area contributed by atoms with Gasteiger partial charge in [0.25, 0.3) is 0 Å². The van der Waals surface area contributed by atoms with Gasteiger partial charge in [0.15, 0.2) is 0 Å². The Labute approximate surface area is 91.5 Å². The van der Waals surface area contributed by atoms with Crippen LogP contribution >= 0.6 is 0 Å². The van der Waals surface area contributed by atoms with Crippen molar-refractivity contribution in [3.8, 4) is 0 Å². The maximum absolute atomic E-state index is 11.1. The van der Waals surface area contributed by atoms with Crippen LogP contribution in [0.15, 0.2) is 0 Å². The molecule has 0 bridgehead atoms. The molecule has 6 heteroatoms. The highest BCUT2D eigenvalue weighted by Crippen LogP contribution is 2.23. The smallest absolute Gasteiger partial charge is 0.148 e. The molecule has 1 fully saturated rings. The van der Waals surface area contributed by atoms with E-state index in [-0.39, 0.29) is 11.3 Å². The van der Waals surface area contributed by atoms with E-state index < -0.39 is 9.84 Å². The van der Waals surface area contributed by atoms with E-state index in [9.17, 15) is 8.42 Å². The van der Waals surface area contributed by atoms with Crippen LogP contribution in [0, 0.1) is 0 Å². The molecule has 90 valence electrons. The fraction of sp³-hybridized carbons (Fsp3) is 1.00. The summed E-state index contributed by atoms with van der Waals surface area (Å²) >= 11 is 0. The van der Waals surface area contributed by atoms with Gasteiger partial charge in [-0.15, -0.1) is 0 Å². The zero-order valence-corrected chi connectivity index (χ0v) is 10.2. The van der Waals surface area contributed by atoms with Crippen molar-refractivity contribution in [1.29, 1.82) is 0 Å². The highest BCUT2D eigenvalue weighted by atomic mass is 32.2. The van der Waals surface area contributed by atoms with Gasteiger partial charge in [-0.05, 0) is 13.5 Å². The molecule has 15 heavy (non-hydrogen) atoms. The second kappa shape index (κ2) is 4.78. The lowest BCUT2D eigenvalue weighted by molar-refractivity contribution is 0.0985. The maximum atomic E-state index is 11.1. The number of rotatable bonds is 5. The third-order valence-electron chi connectivity index (χ3n) is 3.07. The molecule has 5 nitrogen and oxygen atoms in total. The van der Waals surface area contributed by atoms with Crippen molar-refractivity contribution >= 4 is 9.84 Å². The van der Waals surface area contributed by atoms with E-state index in [1.165, 1.54) is 6.26 Å². The van der Waals surface area contributed by atoms with E-state index in [1.807, 2.05) is 11.9 Å². The molecule has 0 aromatic carbocycles. The third kappa shape index (κ3) is 3.41. The van der Waals surface area contributed by atoms with Crippen LogP contribution in [0.1, 0.15) is 6.42 Å². The van der Waals surface area contributed by atoms with Gasteiger partial charge in [0.1, 0.15) is 9.84 Å². The van der Waals surface area contributed by atoms with E-state index in [2.05, 4.69) is 0 Å². The normalized spacial score (nSPS) is 27.5. The predicted octanol–water partition coefficient (Wildman–Crippen LogP) is -0.919. The second-order valence-corrected chi connectivity index (χ2v) is 6.54. The van der Waals surface area contributed by atoms with Crippen LogP contribution in [-0.4, -0.2) is 64.2 Å². The molecule has 0 aromatic rings. The fourth-order valence-electron chi connectivity index (χ4n) is 1.75. The average Bonchev–Trinajstić information content (AvgIpc) is 2.62. The molecule has 1 heterocycles. The van der Waals surface area contributed by atoms with Gasteiger partial charge in [-0.25, -0.2) is 8.42 Å². The van der Waals surface area contributed by atoms with Crippen LogP contribution in [-0.2, 0) is 14.6 Å². The number of hydrogen-bond acceptors (Lipinski definition) is 5. The van der Waals surface area contributed by atoms with Crippen LogP contribution in [0.5, 0.6) is 0 Å². The molecule has 2 N–H and O–H groups in total. The summed E-state index contributed by atoms with van der Waals surface area (Å²) in [5.41, 5.74) is 5.58. The van der Waals surface area contributed by atoms with Gasteiger partial charge in [0, 0.05) is 26.0 Å². The molecule has 0 aliphatic carbocycles. The lowest BCUT2D eigenvalue weighted by Crippen LogP contribution is -2.53. The van der Waals surface area contributed by atoms with Crippen molar-refractivity contribution in [3.05, 3.63) is 0 Å². The number of hydrogen-bond donors (Lipinski definition) is 1. The van der Waals surface area contributed by atoms with Crippen LogP contribution in [0.25, 0.3) is 0 Å². The van der Waals surface area contributed by atoms with E-state index in [0.29, 0.717) is 26.3 Å². The molecule has 1 aliphatic rings. The minimum absolute atomic E-state index is 0.162. The summed E-state index contributed by atoms with van der Waals surface area (Å²) in [5, 5.41) is 0. The van der Waals surface area contributed by atoms with Gasteiger partial charge in [-0.3, -0.25) is 4.90 Å². The molecule has 1 unspecified atom stereocenters. The van der Waals surface area contributed by atoms with Crippen molar-refractivity contribution in [2.75, 3.05) is 45.4 Å². The Kier molecular flexibility index (Phi) is 4.11. The molecule has 1 saturated heterocycles. The first-order valence-electron chi connectivity index (χ1n) is 5.06. The third-order valence-corrected chi connectivity index (χ3v) is 3.99. The first-order chi connectivity index (χ1) is 6.90. The number of likely N-dealkylation sites (N-methyl/N-ethyl adjacent to an activating group) is 1. The quantitative estimate of drug-likeness (QED) is 0.668. The Bertz CT molecular complexity index is 296. The average molecular weight is 236 g/mol. The minimum atomic E-state index is -2.91. The number of nitrogens with two attached hydrogens (primary N) is 1. The molecule has 0 spiro atoms. The topological polar surface area (TPSA) is 72.6 Å². The van der Waals surface area contributed by atoms with E-state index in [4.69, 9.17) is 10.5 Å². The summed E-state index contributed by atoms with van der Waals surface area (Å²) in [6.07, 6.45) is 2.13. The van der Waals surface area contributed by atoms with Crippen LogP contribution < -0.4 is 5.73 Å². The van der Waals surface area contributed by atoms with Gasteiger partial charge < -0.3 is 10.5 Å². The van der Waals surface area contributed by atoms with E-state index in [0.717, 1.165) is 6.42 Å². The molecule has 1 rings (SSSR count).